The number of carbonyl (C=O) groups is 2. The molecule has 0 bridgehead atoms. The number of rotatable bonds is 5. The normalized spacial score (nSPS) is 15.4. The fourth-order valence-corrected chi connectivity index (χ4v) is 2.84. The molecule has 2 amide bonds. The van der Waals surface area contributed by atoms with Crippen molar-refractivity contribution < 1.29 is 14.3 Å². The standard InChI is InChI=1S/C17H21N5O4/c1-10(14-20-17(25)22-21-14)18-16(24)19-12-8-6-11(7-9-12)15(23)26-13-4-2-3-5-13/h6-10,13H,2-5H2,1H3,(H2,18,19,24)(H2,20,21,22,25)/t10-/m1/s1. The molecule has 9 heteroatoms. The number of hydrogen-bond acceptors (Lipinski definition) is 5. The van der Waals surface area contributed by atoms with E-state index in [1.54, 1.807) is 31.2 Å². The Hall–Kier alpha value is -3.10. The molecule has 2 aromatic rings. The van der Waals surface area contributed by atoms with Crippen molar-refractivity contribution in [1.29, 1.82) is 0 Å². The van der Waals surface area contributed by atoms with Crippen LogP contribution in [0.5, 0.6) is 0 Å². The quantitative estimate of drug-likeness (QED) is 0.608. The average Bonchev–Trinajstić information content (AvgIpc) is 3.27. The van der Waals surface area contributed by atoms with Crippen LogP contribution in [0.4, 0.5) is 10.5 Å². The van der Waals surface area contributed by atoms with E-state index in [9.17, 15) is 14.4 Å². The summed E-state index contributed by atoms with van der Waals surface area (Å²) in [5, 5.41) is 11.3. The molecule has 1 aromatic heterocycles. The van der Waals surface area contributed by atoms with Gasteiger partial charge in [0.1, 0.15) is 6.10 Å². The second-order valence-corrected chi connectivity index (χ2v) is 6.27. The number of esters is 1. The van der Waals surface area contributed by atoms with Crippen LogP contribution in [0.2, 0.25) is 0 Å². The number of hydrogen-bond donors (Lipinski definition) is 4. The van der Waals surface area contributed by atoms with E-state index in [-0.39, 0.29) is 12.1 Å². The third-order valence-corrected chi connectivity index (χ3v) is 4.23. The molecule has 1 heterocycles. The minimum Gasteiger partial charge on any atom is -0.459 e. The molecule has 9 nitrogen and oxygen atoms in total. The van der Waals surface area contributed by atoms with Gasteiger partial charge in [0.05, 0.1) is 11.6 Å². The molecule has 1 saturated carbocycles. The third-order valence-electron chi connectivity index (χ3n) is 4.23. The van der Waals surface area contributed by atoms with Crippen LogP contribution < -0.4 is 16.3 Å². The number of amides is 2. The van der Waals surface area contributed by atoms with E-state index in [1.165, 1.54) is 0 Å². The summed E-state index contributed by atoms with van der Waals surface area (Å²) in [5.74, 6) is -0.0147. The molecule has 1 aromatic carbocycles. The molecule has 1 aliphatic rings. The van der Waals surface area contributed by atoms with Crippen LogP contribution in [0.1, 0.15) is 54.8 Å². The lowest BCUT2D eigenvalue weighted by atomic mass is 10.2. The average molecular weight is 359 g/mol. The van der Waals surface area contributed by atoms with Gasteiger partial charge < -0.3 is 15.4 Å². The van der Waals surface area contributed by atoms with E-state index >= 15 is 0 Å². The number of urea groups is 1. The Bertz CT molecular complexity index is 820. The molecule has 0 radical (unpaired) electrons. The van der Waals surface area contributed by atoms with Crippen molar-refractivity contribution >= 4 is 17.7 Å². The van der Waals surface area contributed by atoms with Crippen LogP contribution in [0.3, 0.4) is 0 Å². The van der Waals surface area contributed by atoms with Gasteiger partial charge in [0.25, 0.3) is 0 Å². The van der Waals surface area contributed by atoms with Crippen molar-refractivity contribution in [3.63, 3.8) is 0 Å². The molecule has 1 atom stereocenters. The van der Waals surface area contributed by atoms with Crippen molar-refractivity contribution in [2.24, 2.45) is 0 Å². The topological polar surface area (TPSA) is 129 Å². The van der Waals surface area contributed by atoms with Gasteiger partial charge in [-0.2, -0.15) is 5.10 Å². The maximum atomic E-state index is 12.1. The number of H-pyrrole nitrogens is 2. The lowest BCUT2D eigenvalue weighted by Gasteiger charge is -2.13. The van der Waals surface area contributed by atoms with E-state index in [2.05, 4.69) is 25.8 Å². The fourth-order valence-electron chi connectivity index (χ4n) is 2.84. The van der Waals surface area contributed by atoms with Gasteiger partial charge in [-0.3, -0.25) is 4.98 Å². The lowest BCUT2D eigenvalue weighted by Crippen LogP contribution is -2.31. The van der Waals surface area contributed by atoms with Gasteiger partial charge in [0.2, 0.25) is 0 Å². The Morgan fingerprint density at radius 1 is 1.23 bits per heavy atom. The Labute approximate surface area is 149 Å². The van der Waals surface area contributed by atoms with Gasteiger partial charge in [-0.25, -0.2) is 19.5 Å². The molecule has 26 heavy (non-hydrogen) atoms. The van der Waals surface area contributed by atoms with Gasteiger partial charge in [0, 0.05) is 5.69 Å². The van der Waals surface area contributed by atoms with Gasteiger partial charge in [-0.1, -0.05) is 0 Å². The van der Waals surface area contributed by atoms with E-state index in [0.717, 1.165) is 25.7 Å². The molecule has 138 valence electrons. The summed E-state index contributed by atoms with van der Waals surface area (Å²) in [6.45, 7) is 1.69. The van der Waals surface area contributed by atoms with Crippen LogP contribution >= 0.6 is 0 Å². The van der Waals surface area contributed by atoms with Crippen molar-refractivity contribution in [3.05, 3.63) is 46.1 Å². The highest BCUT2D eigenvalue weighted by molar-refractivity contribution is 5.92. The Morgan fingerprint density at radius 3 is 2.54 bits per heavy atom. The summed E-state index contributed by atoms with van der Waals surface area (Å²) in [6, 6.07) is 5.55. The zero-order valence-electron chi connectivity index (χ0n) is 14.4. The maximum absolute atomic E-state index is 12.1. The largest absolute Gasteiger partial charge is 0.459 e. The number of carbonyl (C=O) groups excluding carboxylic acids is 2. The van der Waals surface area contributed by atoms with E-state index < -0.39 is 17.8 Å². The highest BCUT2D eigenvalue weighted by atomic mass is 16.5. The van der Waals surface area contributed by atoms with E-state index in [4.69, 9.17) is 4.74 Å². The first kappa shape index (κ1) is 17.7. The van der Waals surface area contributed by atoms with Crippen molar-refractivity contribution in [2.75, 3.05) is 5.32 Å². The van der Waals surface area contributed by atoms with E-state index in [1.807, 2.05) is 0 Å². The van der Waals surface area contributed by atoms with Gasteiger partial charge in [0.15, 0.2) is 5.82 Å². The van der Waals surface area contributed by atoms with Crippen molar-refractivity contribution in [2.45, 2.75) is 44.8 Å². The molecule has 1 aliphatic carbocycles. The first-order valence-corrected chi connectivity index (χ1v) is 8.54. The fraction of sp³-hybridized carbons (Fsp3) is 0.412. The van der Waals surface area contributed by atoms with E-state index in [0.29, 0.717) is 17.1 Å². The summed E-state index contributed by atoms with van der Waals surface area (Å²) >= 11 is 0. The van der Waals surface area contributed by atoms with Crippen molar-refractivity contribution in [1.82, 2.24) is 20.5 Å². The predicted molar refractivity (Wildman–Crippen MR) is 93.9 cm³/mol. The zero-order chi connectivity index (χ0) is 18.5. The minimum atomic E-state index is -0.477. The molecule has 0 unspecified atom stereocenters. The van der Waals surface area contributed by atoms with Crippen molar-refractivity contribution in [3.8, 4) is 0 Å². The summed E-state index contributed by atoms with van der Waals surface area (Å²) < 4.78 is 5.44. The Balaban J connectivity index is 1.52. The Kier molecular flexibility index (Phi) is 5.35. The SMILES string of the molecule is C[C@@H](NC(=O)Nc1ccc(C(=O)OC2CCCC2)cc1)c1n[nH]c(=O)[nH]1. The first-order valence-electron chi connectivity index (χ1n) is 8.54. The predicted octanol–water partition coefficient (Wildman–Crippen LogP) is 2.08. The van der Waals surface area contributed by atoms with Gasteiger partial charge in [-0.15, -0.1) is 0 Å². The minimum absolute atomic E-state index is 0.0149. The summed E-state index contributed by atoms with van der Waals surface area (Å²) in [6.07, 6.45) is 4.05. The molecule has 0 aliphatic heterocycles. The van der Waals surface area contributed by atoms with Crippen LogP contribution in [-0.2, 0) is 4.74 Å². The smallest absolute Gasteiger partial charge is 0.340 e. The summed E-state index contributed by atoms with van der Waals surface area (Å²) in [5.41, 5.74) is 0.544. The Morgan fingerprint density at radius 2 is 1.92 bits per heavy atom. The molecular weight excluding hydrogens is 338 g/mol. The molecule has 1 fully saturated rings. The highest BCUT2D eigenvalue weighted by Gasteiger charge is 2.20. The second-order valence-electron chi connectivity index (χ2n) is 6.27. The zero-order valence-corrected chi connectivity index (χ0v) is 14.4. The number of ether oxygens (including phenoxy) is 1. The van der Waals surface area contributed by atoms with Gasteiger partial charge >= 0.3 is 17.7 Å². The summed E-state index contributed by atoms with van der Waals surface area (Å²) in [7, 11) is 0. The number of anilines is 1. The molecule has 0 saturated heterocycles. The number of nitrogens with one attached hydrogen (secondary N) is 4. The molecule has 4 N–H and O–H groups in total. The number of nitrogens with zero attached hydrogens (tertiary/aromatic N) is 1. The number of benzene rings is 1. The molecule has 0 spiro atoms. The van der Waals surface area contributed by atoms with Crippen LogP contribution in [0, 0.1) is 0 Å². The van der Waals surface area contributed by atoms with Crippen LogP contribution in [0.15, 0.2) is 29.1 Å². The third kappa shape index (κ3) is 4.50. The highest BCUT2D eigenvalue weighted by Crippen LogP contribution is 2.22. The first-order chi connectivity index (χ1) is 12.5. The lowest BCUT2D eigenvalue weighted by molar-refractivity contribution is 0.0318. The van der Waals surface area contributed by atoms with Crippen LogP contribution in [0.25, 0.3) is 0 Å². The second kappa shape index (κ2) is 7.85. The molecular formula is C17H21N5O4. The van der Waals surface area contributed by atoms with Crippen LogP contribution in [-0.4, -0.2) is 33.3 Å². The summed E-state index contributed by atoms with van der Waals surface area (Å²) in [4.78, 5) is 37.6. The number of aromatic nitrogens is 3. The van der Waals surface area contributed by atoms with Gasteiger partial charge in [-0.05, 0) is 56.9 Å². The maximum Gasteiger partial charge on any atom is 0.340 e. The molecule has 3 rings (SSSR count). The number of aromatic amines is 2. The monoisotopic (exact) mass is 359 g/mol.